The van der Waals surface area contributed by atoms with Crippen molar-refractivity contribution in [1.82, 2.24) is 15.2 Å². The van der Waals surface area contributed by atoms with Crippen LogP contribution in [0, 0.1) is 10.1 Å². The van der Waals surface area contributed by atoms with Crippen molar-refractivity contribution < 1.29 is 9.34 Å². The van der Waals surface area contributed by atoms with Gasteiger partial charge in [0.2, 0.25) is 11.8 Å². The number of hydrogen-bond acceptors (Lipinski definition) is 8. The van der Waals surface area contributed by atoms with Crippen molar-refractivity contribution in [1.29, 1.82) is 0 Å². The summed E-state index contributed by atoms with van der Waals surface area (Å²) in [6, 6.07) is 23.3. The Morgan fingerprint density at radius 3 is 2.42 bits per heavy atom. The first-order valence-electron chi connectivity index (χ1n) is 9.43. The van der Waals surface area contributed by atoms with Crippen LogP contribution in [-0.4, -0.2) is 20.1 Å². The minimum absolute atomic E-state index is 0.00292. The summed E-state index contributed by atoms with van der Waals surface area (Å²) < 4.78 is 7.03. The van der Waals surface area contributed by atoms with Crippen LogP contribution >= 0.6 is 11.3 Å². The summed E-state index contributed by atoms with van der Waals surface area (Å²) in [6.45, 7) is 0. The average Bonchev–Trinajstić information content (AvgIpc) is 3.45. The summed E-state index contributed by atoms with van der Waals surface area (Å²) >= 11 is 1.55. The molecule has 0 saturated carbocycles. The molecule has 2 heterocycles. The van der Waals surface area contributed by atoms with E-state index < -0.39 is 11.0 Å². The molecule has 31 heavy (non-hydrogen) atoms. The van der Waals surface area contributed by atoms with Crippen molar-refractivity contribution in [3.63, 3.8) is 0 Å². The first-order valence-corrected chi connectivity index (χ1v) is 10.2. The predicted octanol–water partition coefficient (Wildman–Crippen LogP) is 5.46. The zero-order valence-electron chi connectivity index (χ0n) is 16.0. The first-order chi connectivity index (χ1) is 15.2. The van der Waals surface area contributed by atoms with Crippen molar-refractivity contribution in [2.45, 2.75) is 6.04 Å². The van der Waals surface area contributed by atoms with Crippen molar-refractivity contribution in [3.8, 4) is 11.5 Å². The molecule has 5 rings (SSSR count). The summed E-state index contributed by atoms with van der Waals surface area (Å²) in [5.74, 6) is 0.663. The lowest BCUT2D eigenvalue weighted by atomic mass is 10.1. The fraction of sp³-hybridized carbons (Fsp3) is 0.0455. The number of nitro groups is 1. The predicted molar refractivity (Wildman–Crippen MR) is 118 cm³/mol. The van der Waals surface area contributed by atoms with Crippen molar-refractivity contribution in [2.24, 2.45) is 0 Å². The second-order valence-electron chi connectivity index (χ2n) is 6.72. The van der Waals surface area contributed by atoms with Crippen molar-refractivity contribution in [3.05, 3.63) is 100 Å². The Kier molecular flexibility index (Phi) is 4.85. The SMILES string of the molecule is O=[N+]([O-])c1ccc(-c2nnc(C(Nc3nc4ccccc4s3)c3ccccc3)o2)cc1. The maximum atomic E-state index is 10.9. The number of thiazole rings is 1. The molecule has 0 aliphatic heterocycles. The van der Waals surface area contributed by atoms with E-state index in [1.54, 1.807) is 23.5 Å². The number of aromatic nitrogens is 3. The monoisotopic (exact) mass is 429 g/mol. The van der Waals surface area contributed by atoms with Gasteiger partial charge in [-0.25, -0.2) is 4.98 Å². The molecule has 0 bridgehead atoms. The lowest BCUT2D eigenvalue weighted by molar-refractivity contribution is -0.384. The van der Waals surface area contributed by atoms with Crippen LogP contribution in [0.3, 0.4) is 0 Å². The standard InChI is InChI=1S/C22H15N5O3S/c28-27(29)16-12-10-15(11-13-16)20-25-26-21(30-20)19(14-6-2-1-3-7-14)24-22-23-17-8-4-5-9-18(17)31-22/h1-13,19H,(H,23,24). The highest BCUT2D eigenvalue weighted by molar-refractivity contribution is 7.22. The van der Waals surface area contributed by atoms with Crippen LogP contribution in [-0.2, 0) is 0 Å². The Morgan fingerprint density at radius 1 is 0.935 bits per heavy atom. The molecule has 9 heteroatoms. The van der Waals surface area contributed by atoms with Crippen LogP contribution in [0.1, 0.15) is 17.5 Å². The third-order valence-electron chi connectivity index (χ3n) is 4.71. The number of non-ortho nitro benzene ring substituents is 1. The average molecular weight is 429 g/mol. The van der Waals surface area contributed by atoms with Crippen molar-refractivity contribution >= 4 is 32.4 Å². The maximum absolute atomic E-state index is 10.9. The molecular formula is C22H15N5O3S. The molecule has 1 N–H and O–H groups in total. The van der Waals surface area contributed by atoms with Crippen LogP contribution in [0.4, 0.5) is 10.8 Å². The van der Waals surface area contributed by atoms with Gasteiger partial charge in [-0.05, 0) is 29.8 Å². The van der Waals surface area contributed by atoms with Gasteiger partial charge in [-0.15, -0.1) is 10.2 Å². The van der Waals surface area contributed by atoms with Gasteiger partial charge in [0.05, 0.1) is 15.1 Å². The molecule has 0 aliphatic carbocycles. The molecule has 1 unspecified atom stereocenters. The number of rotatable bonds is 6. The lowest BCUT2D eigenvalue weighted by Gasteiger charge is -2.14. The molecule has 5 aromatic rings. The summed E-state index contributed by atoms with van der Waals surface area (Å²) in [7, 11) is 0. The molecule has 152 valence electrons. The second-order valence-corrected chi connectivity index (χ2v) is 7.75. The van der Waals surface area contributed by atoms with Gasteiger partial charge >= 0.3 is 0 Å². The van der Waals surface area contributed by atoms with Gasteiger partial charge < -0.3 is 9.73 Å². The van der Waals surface area contributed by atoms with Gasteiger partial charge in [0.1, 0.15) is 6.04 Å². The summed E-state index contributed by atoms with van der Waals surface area (Å²) in [4.78, 5) is 15.1. The van der Waals surface area contributed by atoms with Crippen LogP contribution in [0.5, 0.6) is 0 Å². The van der Waals surface area contributed by atoms with Crippen LogP contribution in [0.15, 0.2) is 83.3 Å². The van der Waals surface area contributed by atoms with E-state index in [2.05, 4.69) is 20.5 Å². The molecule has 0 radical (unpaired) electrons. The number of nitro benzene ring substituents is 1. The van der Waals surface area contributed by atoms with E-state index in [9.17, 15) is 10.1 Å². The van der Waals surface area contributed by atoms with E-state index >= 15 is 0 Å². The first kappa shape index (κ1) is 18.9. The van der Waals surface area contributed by atoms with Crippen molar-refractivity contribution in [2.75, 3.05) is 5.32 Å². The smallest absolute Gasteiger partial charge is 0.269 e. The fourth-order valence-corrected chi connectivity index (χ4v) is 4.08. The third-order valence-corrected chi connectivity index (χ3v) is 5.67. The van der Waals surface area contributed by atoms with E-state index in [1.807, 2.05) is 54.6 Å². The van der Waals surface area contributed by atoms with Gasteiger partial charge in [0, 0.05) is 17.7 Å². The Balaban J connectivity index is 1.49. The van der Waals surface area contributed by atoms with E-state index in [-0.39, 0.29) is 11.6 Å². The zero-order chi connectivity index (χ0) is 21.2. The Hall–Kier alpha value is -4.11. The summed E-state index contributed by atoms with van der Waals surface area (Å²) in [5, 5.41) is 23.4. The number of benzene rings is 3. The van der Waals surface area contributed by atoms with E-state index in [0.29, 0.717) is 11.5 Å². The number of nitrogens with zero attached hydrogens (tertiary/aromatic N) is 4. The minimum Gasteiger partial charge on any atom is -0.418 e. The second kappa shape index (κ2) is 7.96. The topological polar surface area (TPSA) is 107 Å². The van der Waals surface area contributed by atoms with Crippen LogP contribution < -0.4 is 5.32 Å². The normalized spacial score (nSPS) is 12.0. The Morgan fingerprint density at radius 2 is 1.68 bits per heavy atom. The largest absolute Gasteiger partial charge is 0.418 e. The van der Waals surface area contributed by atoms with Gasteiger partial charge in [-0.3, -0.25) is 10.1 Å². The number of fused-ring (bicyclic) bond motifs is 1. The highest BCUT2D eigenvalue weighted by Crippen LogP contribution is 2.32. The van der Waals surface area contributed by atoms with E-state index in [0.717, 1.165) is 20.9 Å². The molecule has 0 fully saturated rings. The number of hydrogen-bond donors (Lipinski definition) is 1. The highest BCUT2D eigenvalue weighted by atomic mass is 32.1. The number of nitrogens with one attached hydrogen (secondary N) is 1. The van der Waals surface area contributed by atoms with Gasteiger partial charge in [-0.2, -0.15) is 0 Å². The quantitative estimate of drug-likeness (QED) is 0.282. The van der Waals surface area contributed by atoms with Crippen LogP contribution in [0.25, 0.3) is 21.7 Å². The molecular weight excluding hydrogens is 414 g/mol. The Bertz CT molecular complexity index is 1320. The lowest BCUT2D eigenvalue weighted by Crippen LogP contribution is -2.12. The minimum atomic E-state index is -0.448. The number of anilines is 1. The third kappa shape index (κ3) is 3.86. The fourth-order valence-electron chi connectivity index (χ4n) is 3.18. The maximum Gasteiger partial charge on any atom is 0.269 e. The van der Waals surface area contributed by atoms with Gasteiger partial charge in [-0.1, -0.05) is 53.8 Å². The summed E-state index contributed by atoms with van der Waals surface area (Å²) in [5.41, 5.74) is 2.47. The van der Waals surface area contributed by atoms with Gasteiger partial charge in [0.25, 0.3) is 5.69 Å². The summed E-state index contributed by atoms with van der Waals surface area (Å²) in [6.07, 6.45) is 0. The molecule has 0 aliphatic rings. The Labute approximate surface area is 180 Å². The molecule has 0 saturated heterocycles. The number of para-hydroxylation sites is 1. The molecule has 8 nitrogen and oxygen atoms in total. The molecule has 3 aromatic carbocycles. The van der Waals surface area contributed by atoms with Crippen LogP contribution in [0.2, 0.25) is 0 Å². The van der Waals surface area contributed by atoms with Gasteiger partial charge in [0.15, 0.2) is 5.13 Å². The zero-order valence-corrected chi connectivity index (χ0v) is 16.8. The van der Waals surface area contributed by atoms with E-state index in [4.69, 9.17) is 4.42 Å². The molecule has 2 aromatic heterocycles. The van der Waals surface area contributed by atoms with E-state index in [1.165, 1.54) is 12.1 Å². The highest BCUT2D eigenvalue weighted by Gasteiger charge is 2.23. The molecule has 1 atom stereocenters. The molecule has 0 spiro atoms. The molecule has 0 amide bonds.